The minimum atomic E-state index is -0.215. The van der Waals surface area contributed by atoms with Crippen molar-refractivity contribution in [1.82, 2.24) is 4.98 Å². The van der Waals surface area contributed by atoms with Gasteiger partial charge in [0.25, 0.3) is 0 Å². The average Bonchev–Trinajstić information content (AvgIpc) is 2.59. The molecule has 2 aromatic rings. The van der Waals surface area contributed by atoms with E-state index in [9.17, 15) is 4.79 Å². The van der Waals surface area contributed by atoms with E-state index in [1.807, 2.05) is 12.1 Å². The monoisotopic (exact) mass is 299 g/mol. The molecule has 0 unspecified atom stereocenters. The summed E-state index contributed by atoms with van der Waals surface area (Å²) < 4.78 is 15.7. The molecule has 0 fully saturated rings. The molecule has 114 valence electrons. The molecule has 1 heterocycles. The van der Waals surface area contributed by atoms with E-state index in [4.69, 9.17) is 14.2 Å². The summed E-state index contributed by atoms with van der Waals surface area (Å²) in [5.74, 6) is 1.15. The molecule has 0 aliphatic carbocycles. The number of carbonyl (C=O) groups is 1. The standard InChI is InChI=1S/C17H17NO4/c1-20-13-10-15(21-2)17(16(11-13)22-3)14(19)5-4-12-6-8-18-9-7-12/h4-11H,1-3H3/b5-4+. The fourth-order valence-corrected chi connectivity index (χ4v) is 1.98. The zero-order chi connectivity index (χ0) is 15.9. The van der Waals surface area contributed by atoms with Crippen LogP contribution in [-0.4, -0.2) is 32.1 Å². The molecule has 0 aliphatic rings. The van der Waals surface area contributed by atoms with Gasteiger partial charge in [0.2, 0.25) is 0 Å². The highest BCUT2D eigenvalue weighted by Crippen LogP contribution is 2.34. The van der Waals surface area contributed by atoms with Gasteiger partial charge in [0.15, 0.2) is 5.78 Å². The van der Waals surface area contributed by atoms with Gasteiger partial charge in [-0.25, -0.2) is 0 Å². The number of carbonyl (C=O) groups excluding carboxylic acids is 1. The Hall–Kier alpha value is -2.82. The summed E-state index contributed by atoms with van der Waals surface area (Å²) in [7, 11) is 4.54. The van der Waals surface area contributed by atoms with Gasteiger partial charge in [0.1, 0.15) is 22.8 Å². The minimum absolute atomic E-state index is 0.215. The summed E-state index contributed by atoms with van der Waals surface area (Å²) in [4.78, 5) is 16.4. The SMILES string of the molecule is COc1cc(OC)c(C(=O)/C=C/c2ccncc2)c(OC)c1. The van der Waals surface area contributed by atoms with E-state index in [-0.39, 0.29) is 5.78 Å². The zero-order valence-corrected chi connectivity index (χ0v) is 12.7. The molecule has 0 bridgehead atoms. The van der Waals surface area contributed by atoms with Gasteiger partial charge < -0.3 is 14.2 Å². The van der Waals surface area contributed by atoms with E-state index < -0.39 is 0 Å². The number of aromatic nitrogens is 1. The maximum atomic E-state index is 12.5. The Morgan fingerprint density at radius 1 is 1.00 bits per heavy atom. The van der Waals surface area contributed by atoms with Crippen LogP contribution >= 0.6 is 0 Å². The van der Waals surface area contributed by atoms with Crippen LogP contribution < -0.4 is 14.2 Å². The highest BCUT2D eigenvalue weighted by molar-refractivity contribution is 6.10. The second kappa shape index (κ2) is 7.26. The predicted octanol–water partition coefficient (Wildman–Crippen LogP) is 3.00. The van der Waals surface area contributed by atoms with Gasteiger partial charge in [0.05, 0.1) is 21.3 Å². The topological polar surface area (TPSA) is 57.7 Å². The first-order valence-electron chi connectivity index (χ1n) is 6.62. The van der Waals surface area contributed by atoms with Crippen molar-refractivity contribution < 1.29 is 19.0 Å². The van der Waals surface area contributed by atoms with Crippen LogP contribution in [0.2, 0.25) is 0 Å². The van der Waals surface area contributed by atoms with Gasteiger partial charge in [-0.1, -0.05) is 6.08 Å². The second-order valence-electron chi connectivity index (χ2n) is 4.39. The van der Waals surface area contributed by atoms with Crippen molar-refractivity contribution in [2.45, 2.75) is 0 Å². The third kappa shape index (κ3) is 3.44. The van der Waals surface area contributed by atoms with E-state index in [0.29, 0.717) is 22.8 Å². The van der Waals surface area contributed by atoms with Crippen molar-refractivity contribution in [3.05, 3.63) is 53.9 Å². The molecule has 5 heteroatoms. The van der Waals surface area contributed by atoms with Crippen molar-refractivity contribution in [3.63, 3.8) is 0 Å². The van der Waals surface area contributed by atoms with Crippen LogP contribution in [0, 0.1) is 0 Å². The molecule has 0 saturated carbocycles. The van der Waals surface area contributed by atoms with Crippen molar-refractivity contribution in [1.29, 1.82) is 0 Å². The van der Waals surface area contributed by atoms with Gasteiger partial charge in [-0.05, 0) is 23.8 Å². The van der Waals surface area contributed by atoms with Crippen LogP contribution in [0.1, 0.15) is 15.9 Å². The number of rotatable bonds is 6. The molecular formula is C17H17NO4. The summed E-state index contributed by atoms with van der Waals surface area (Å²) in [6.45, 7) is 0. The van der Waals surface area contributed by atoms with Gasteiger partial charge in [-0.3, -0.25) is 9.78 Å². The molecule has 0 aliphatic heterocycles. The van der Waals surface area contributed by atoms with Crippen LogP contribution in [-0.2, 0) is 0 Å². The number of hydrogen-bond acceptors (Lipinski definition) is 5. The lowest BCUT2D eigenvalue weighted by Gasteiger charge is -2.13. The summed E-state index contributed by atoms with van der Waals surface area (Å²) in [5, 5.41) is 0. The fourth-order valence-electron chi connectivity index (χ4n) is 1.98. The van der Waals surface area contributed by atoms with E-state index in [0.717, 1.165) is 5.56 Å². The molecule has 0 amide bonds. The van der Waals surface area contributed by atoms with E-state index in [1.54, 1.807) is 37.7 Å². The Morgan fingerprint density at radius 2 is 1.59 bits per heavy atom. The summed E-state index contributed by atoms with van der Waals surface area (Å²) in [6.07, 6.45) is 6.52. The molecule has 1 aromatic heterocycles. The maximum Gasteiger partial charge on any atom is 0.193 e. The molecule has 0 atom stereocenters. The van der Waals surface area contributed by atoms with Crippen LogP contribution in [0.25, 0.3) is 6.08 Å². The number of ether oxygens (including phenoxy) is 3. The number of benzene rings is 1. The Kier molecular flexibility index (Phi) is 5.14. The van der Waals surface area contributed by atoms with Crippen molar-refractivity contribution in [2.24, 2.45) is 0 Å². The quantitative estimate of drug-likeness (QED) is 0.606. The first-order valence-corrected chi connectivity index (χ1v) is 6.62. The zero-order valence-electron chi connectivity index (χ0n) is 12.7. The first kappa shape index (κ1) is 15.6. The van der Waals surface area contributed by atoms with Crippen LogP contribution in [0.15, 0.2) is 42.7 Å². The fraction of sp³-hybridized carbons (Fsp3) is 0.176. The van der Waals surface area contributed by atoms with Gasteiger partial charge in [-0.15, -0.1) is 0 Å². The number of hydrogen-bond donors (Lipinski definition) is 0. The molecular weight excluding hydrogens is 282 g/mol. The summed E-state index contributed by atoms with van der Waals surface area (Å²) in [5.41, 5.74) is 1.24. The van der Waals surface area contributed by atoms with E-state index in [2.05, 4.69) is 4.98 Å². The number of pyridine rings is 1. The van der Waals surface area contributed by atoms with Gasteiger partial charge in [0, 0.05) is 24.5 Å². The molecule has 2 rings (SSSR count). The van der Waals surface area contributed by atoms with Gasteiger partial charge >= 0.3 is 0 Å². The van der Waals surface area contributed by atoms with Crippen LogP contribution in [0.4, 0.5) is 0 Å². The highest BCUT2D eigenvalue weighted by atomic mass is 16.5. The molecule has 0 spiro atoms. The largest absolute Gasteiger partial charge is 0.496 e. The predicted molar refractivity (Wildman–Crippen MR) is 83.7 cm³/mol. The van der Waals surface area contributed by atoms with Crippen molar-refractivity contribution >= 4 is 11.9 Å². The van der Waals surface area contributed by atoms with E-state index >= 15 is 0 Å². The Balaban J connectivity index is 2.38. The number of allylic oxidation sites excluding steroid dienone is 1. The van der Waals surface area contributed by atoms with Crippen LogP contribution in [0.3, 0.4) is 0 Å². The van der Waals surface area contributed by atoms with E-state index in [1.165, 1.54) is 20.3 Å². The van der Waals surface area contributed by atoms with Crippen molar-refractivity contribution in [2.75, 3.05) is 21.3 Å². The van der Waals surface area contributed by atoms with Crippen LogP contribution in [0.5, 0.6) is 17.2 Å². The maximum absolute atomic E-state index is 12.5. The highest BCUT2D eigenvalue weighted by Gasteiger charge is 2.18. The third-order valence-electron chi connectivity index (χ3n) is 3.09. The first-order chi connectivity index (χ1) is 10.7. The summed E-state index contributed by atoms with van der Waals surface area (Å²) >= 11 is 0. The lowest BCUT2D eigenvalue weighted by atomic mass is 10.1. The summed E-state index contributed by atoms with van der Waals surface area (Å²) in [6, 6.07) is 6.92. The Morgan fingerprint density at radius 3 is 2.09 bits per heavy atom. The van der Waals surface area contributed by atoms with Crippen molar-refractivity contribution in [3.8, 4) is 17.2 Å². The minimum Gasteiger partial charge on any atom is -0.496 e. The number of nitrogens with zero attached hydrogens (tertiary/aromatic N) is 1. The van der Waals surface area contributed by atoms with Gasteiger partial charge in [-0.2, -0.15) is 0 Å². The molecule has 0 N–H and O–H groups in total. The Bertz CT molecular complexity index is 655. The normalized spacial score (nSPS) is 10.5. The second-order valence-corrected chi connectivity index (χ2v) is 4.39. The third-order valence-corrected chi connectivity index (χ3v) is 3.09. The number of ketones is 1. The molecule has 0 radical (unpaired) electrons. The lowest BCUT2D eigenvalue weighted by Crippen LogP contribution is -2.03. The molecule has 0 saturated heterocycles. The molecule has 5 nitrogen and oxygen atoms in total. The lowest BCUT2D eigenvalue weighted by molar-refractivity contribution is 0.104. The number of methoxy groups -OCH3 is 3. The average molecular weight is 299 g/mol. The molecule has 1 aromatic carbocycles. The molecule has 22 heavy (non-hydrogen) atoms. The Labute approximate surface area is 129 Å². The smallest absolute Gasteiger partial charge is 0.193 e.